The van der Waals surface area contributed by atoms with Gasteiger partial charge in [0.15, 0.2) is 5.82 Å². The number of nitrogens with zero attached hydrogens (tertiary/aromatic N) is 3. The molecule has 3 heterocycles. The van der Waals surface area contributed by atoms with Gasteiger partial charge in [-0.2, -0.15) is 0 Å². The van der Waals surface area contributed by atoms with Gasteiger partial charge in [0, 0.05) is 5.69 Å². The number of fused-ring (bicyclic) bond motifs is 1. The molecule has 0 saturated carbocycles. The Morgan fingerprint density at radius 2 is 1.94 bits per heavy atom. The van der Waals surface area contributed by atoms with Crippen LogP contribution in [-0.4, -0.2) is 15.0 Å². The predicted octanol–water partition coefficient (Wildman–Crippen LogP) is 4.02. The smallest absolute Gasteiger partial charge is 0.180 e. The second-order valence-corrected chi connectivity index (χ2v) is 5.32. The van der Waals surface area contributed by atoms with Crippen LogP contribution < -0.4 is 0 Å². The van der Waals surface area contributed by atoms with E-state index in [-0.39, 0.29) is 0 Å². The summed E-state index contributed by atoms with van der Waals surface area (Å²) in [5.74, 6) is 0.582. The quantitative estimate of drug-likeness (QED) is 0.630. The zero-order chi connectivity index (χ0) is 12.7. The van der Waals surface area contributed by atoms with Gasteiger partial charge in [0.1, 0.15) is 15.7 Å². The summed E-state index contributed by atoms with van der Waals surface area (Å²) in [6.45, 7) is 3.96. The van der Waals surface area contributed by atoms with Crippen LogP contribution in [0.1, 0.15) is 11.3 Å². The van der Waals surface area contributed by atoms with Crippen molar-refractivity contribution in [3.05, 3.63) is 40.0 Å². The molecule has 18 heavy (non-hydrogen) atoms. The molecule has 0 spiro atoms. The summed E-state index contributed by atoms with van der Waals surface area (Å²) < 4.78 is 0. The molecule has 3 aromatic rings. The first-order valence-corrected chi connectivity index (χ1v) is 6.76. The van der Waals surface area contributed by atoms with Gasteiger partial charge < -0.3 is 0 Å². The molecule has 0 N–H and O–H groups in total. The molecule has 0 amide bonds. The van der Waals surface area contributed by atoms with Crippen LogP contribution in [-0.2, 0) is 0 Å². The molecule has 0 fully saturated rings. The highest BCUT2D eigenvalue weighted by molar-refractivity contribution is 7.17. The fourth-order valence-corrected chi connectivity index (χ4v) is 3.11. The molecule has 0 bridgehead atoms. The number of aryl methyl sites for hydroxylation is 2. The Morgan fingerprint density at radius 3 is 2.72 bits per heavy atom. The molecule has 0 aromatic carbocycles. The Morgan fingerprint density at radius 1 is 1.11 bits per heavy atom. The zero-order valence-electron chi connectivity index (χ0n) is 9.94. The van der Waals surface area contributed by atoms with Gasteiger partial charge in [0.05, 0.1) is 5.39 Å². The fourth-order valence-electron chi connectivity index (χ4n) is 1.82. The molecule has 90 valence electrons. The van der Waals surface area contributed by atoms with Crippen molar-refractivity contribution < 1.29 is 0 Å². The first kappa shape index (κ1) is 11.6. The van der Waals surface area contributed by atoms with Gasteiger partial charge in [-0.1, -0.05) is 17.7 Å². The molecule has 3 rings (SSSR count). The van der Waals surface area contributed by atoms with E-state index in [4.69, 9.17) is 11.6 Å². The van der Waals surface area contributed by atoms with Crippen LogP contribution in [0.25, 0.3) is 21.7 Å². The lowest BCUT2D eigenvalue weighted by atomic mass is 10.2. The van der Waals surface area contributed by atoms with E-state index in [0.29, 0.717) is 11.0 Å². The van der Waals surface area contributed by atoms with Gasteiger partial charge in [-0.3, -0.25) is 0 Å². The van der Waals surface area contributed by atoms with Crippen molar-refractivity contribution in [1.29, 1.82) is 0 Å². The summed E-state index contributed by atoms with van der Waals surface area (Å²) in [4.78, 5) is 14.2. The van der Waals surface area contributed by atoms with E-state index in [1.807, 2.05) is 37.4 Å². The van der Waals surface area contributed by atoms with E-state index in [1.165, 1.54) is 0 Å². The van der Waals surface area contributed by atoms with Gasteiger partial charge >= 0.3 is 0 Å². The van der Waals surface area contributed by atoms with Crippen LogP contribution in [0.15, 0.2) is 23.6 Å². The Hall–Kier alpha value is -1.52. The van der Waals surface area contributed by atoms with Gasteiger partial charge in [0.2, 0.25) is 0 Å². The molecule has 0 atom stereocenters. The van der Waals surface area contributed by atoms with Crippen LogP contribution in [0.2, 0.25) is 5.15 Å². The highest BCUT2D eigenvalue weighted by Gasteiger charge is 2.12. The average Bonchev–Trinajstić information content (AvgIpc) is 2.71. The van der Waals surface area contributed by atoms with Crippen molar-refractivity contribution in [2.24, 2.45) is 0 Å². The van der Waals surface area contributed by atoms with Crippen LogP contribution in [0.3, 0.4) is 0 Å². The fraction of sp³-hybridized carbons (Fsp3) is 0.154. The molecular weight excluding hydrogens is 266 g/mol. The van der Waals surface area contributed by atoms with Crippen molar-refractivity contribution in [3.8, 4) is 11.5 Å². The maximum absolute atomic E-state index is 6.23. The SMILES string of the molecule is Cc1cccc(-c2nc(Cl)c3c(C)csc3n2)n1. The lowest BCUT2D eigenvalue weighted by molar-refractivity contribution is 1.14. The van der Waals surface area contributed by atoms with Crippen LogP contribution >= 0.6 is 22.9 Å². The normalized spacial score (nSPS) is 11.1. The van der Waals surface area contributed by atoms with E-state index in [9.17, 15) is 0 Å². The highest BCUT2D eigenvalue weighted by Crippen LogP contribution is 2.30. The molecule has 3 nitrogen and oxygen atoms in total. The van der Waals surface area contributed by atoms with Gasteiger partial charge in [-0.15, -0.1) is 11.3 Å². The maximum Gasteiger partial charge on any atom is 0.180 e. The third kappa shape index (κ3) is 1.87. The predicted molar refractivity (Wildman–Crippen MR) is 75.1 cm³/mol. The van der Waals surface area contributed by atoms with E-state index in [1.54, 1.807) is 11.3 Å². The second-order valence-electron chi connectivity index (χ2n) is 4.10. The Balaban J connectivity index is 2.25. The minimum atomic E-state index is 0.497. The third-order valence-electron chi connectivity index (χ3n) is 2.69. The molecular formula is C13H10ClN3S. The first-order valence-electron chi connectivity index (χ1n) is 5.50. The minimum Gasteiger partial charge on any atom is -0.250 e. The van der Waals surface area contributed by atoms with E-state index >= 15 is 0 Å². The Labute approximate surface area is 114 Å². The minimum absolute atomic E-state index is 0.497. The lowest BCUT2D eigenvalue weighted by Gasteiger charge is -2.02. The summed E-state index contributed by atoms with van der Waals surface area (Å²) in [5, 5.41) is 3.48. The van der Waals surface area contributed by atoms with E-state index in [2.05, 4.69) is 15.0 Å². The number of thiophene rings is 1. The zero-order valence-corrected chi connectivity index (χ0v) is 11.5. The van der Waals surface area contributed by atoms with E-state index < -0.39 is 0 Å². The molecule has 0 unspecified atom stereocenters. The summed E-state index contributed by atoms with van der Waals surface area (Å²) in [6.07, 6.45) is 0. The summed E-state index contributed by atoms with van der Waals surface area (Å²) in [7, 11) is 0. The van der Waals surface area contributed by atoms with Crippen LogP contribution in [0.4, 0.5) is 0 Å². The third-order valence-corrected chi connectivity index (χ3v) is 3.95. The Kier molecular flexibility index (Phi) is 2.76. The average molecular weight is 276 g/mol. The second kappa shape index (κ2) is 4.30. The number of rotatable bonds is 1. The van der Waals surface area contributed by atoms with Crippen LogP contribution in [0, 0.1) is 13.8 Å². The summed E-state index contributed by atoms with van der Waals surface area (Å²) >= 11 is 7.80. The van der Waals surface area contributed by atoms with Crippen molar-refractivity contribution >= 4 is 33.2 Å². The van der Waals surface area contributed by atoms with Gasteiger partial charge in [-0.05, 0) is 36.9 Å². The van der Waals surface area contributed by atoms with Crippen molar-refractivity contribution in [3.63, 3.8) is 0 Å². The molecule has 3 aromatic heterocycles. The van der Waals surface area contributed by atoms with Gasteiger partial charge in [0.25, 0.3) is 0 Å². The molecule has 0 radical (unpaired) electrons. The molecule has 0 saturated heterocycles. The van der Waals surface area contributed by atoms with E-state index in [0.717, 1.165) is 27.2 Å². The maximum atomic E-state index is 6.23. The summed E-state index contributed by atoms with van der Waals surface area (Å²) in [6, 6.07) is 5.78. The number of pyridine rings is 1. The number of halogens is 1. The van der Waals surface area contributed by atoms with Crippen molar-refractivity contribution in [2.45, 2.75) is 13.8 Å². The number of hydrogen-bond acceptors (Lipinski definition) is 4. The standard InChI is InChI=1S/C13H10ClN3S/c1-7-6-18-13-10(7)11(14)16-12(17-13)9-5-3-4-8(2)15-9/h3-6H,1-2H3. The molecule has 5 heteroatoms. The molecule has 0 aliphatic carbocycles. The van der Waals surface area contributed by atoms with Gasteiger partial charge in [-0.25, -0.2) is 15.0 Å². The first-order chi connectivity index (χ1) is 8.65. The monoisotopic (exact) mass is 275 g/mol. The number of aromatic nitrogens is 3. The van der Waals surface area contributed by atoms with Crippen molar-refractivity contribution in [1.82, 2.24) is 15.0 Å². The topological polar surface area (TPSA) is 38.7 Å². The summed E-state index contributed by atoms with van der Waals surface area (Å²) in [5.41, 5.74) is 2.81. The largest absolute Gasteiger partial charge is 0.250 e. The molecule has 0 aliphatic rings. The molecule has 0 aliphatic heterocycles. The highest BCUT2D eigenvalue weighted by atomic mass is 35.5. The number of hydrogen-bond donors (Lipinski definition) is 0. The Bertz CT molecular complexity index is 736. The van der Waals surface area contributed by atoms with Crippen molar-refractivity contribution in [2.75, 3.05) is 0 Å². The van der Waals surface area contributed by atoms with Crippen LogP contribution in [0.5, 0.6) is 0 Å². The lowest BCUT2D eigenvalue weighted by Crippen LogP contribution is -1.93.